The molecule has 0 heterocycles. The number of unbranched alkanes of at least 4 members (excludes halogenated alkanes) is 27. The van der Waals surface area contributed by atoms with Gasteiger partial charge in [0.15, 0.2) is 6.10 Å². The third-order valence-corrected chi connectivity index (χ3v) is 11.3. The molecule has 0 N–H and O–H groups in total. The monoisotopic (exact) mass is 834 g/mol. The number of likely N-dealkylation sites (N-methyl/N-ethyl adjacent to an activating group) is 1. The van der Waals surface area contributed by atoms with E-state index in [9.17, 15) is 19.5 Å². The van der Waals surface area contributed by atoms with Crippen LogP contribution in [0.5, 0.6) is 0 Å². The van der Waals surface area contributed by atoms with Gasteiger partial charge in [-0.15, -0.1) is 0 Å². The standard InChI is InChI=1S/C51H95NO7/c1-6-8-10-12-14-16-18-20-22-24-25-26-28-29-31-33-35-37-39-41-49(53)58-46-47(45-57-44-43-48(51(55)56)52(3,4)5)59-50(54)42-40-38-36-34-32-30-27-23-21-19-17-15-13-11-9-7-2/h17,19,23,27,47-48H,6-16,18,20-22,24-26,28-46H2,1-5H3/b19-17-,27-23-. The van der Waals surface area contributed by atoms with E-state index in [1.165, 1.54) is 135 Å². The average Bonchev–Trinajstić information content (AvgIpc) is 3.19. The maximum absolute atomic E-state index is 12.7. The molecule has 0 aliphatic carbocycles. The number of carboxylic acid groups (broad SMARTS) is 1. The molecule has 0 aliphatic heterocycles. The topological polar surface area (TPSA) is 102 Å². The number of carbonyl (C=O) groups is 3. The van der Waals surface area contributed by atoms with E-state index < -0.39 is 18.1 Å². The fourth-order valence-corrected chi connectivity index (χ4v) is 7.46. The molecule has 0 bridgehead atoms. The summed E-state index contributed by atoms with van der Waals surface area (Å²) in [6.07, 6.45) is 47.7. The van der Waals surface area contributed by atoms with Gasteiger partial charge in [-0.05, 0) is 44.9 Å². The van der Waals surface area contributed by atoms with Crippen LogP contribution in [0.1, 0.15) is 232 Å². The van der Waals surface area contributed by atoms with E-state index in [0.717, 1.165) is 64.2 Å². The van der Waals surface area contributed by atoms with Gasteiger partial charge in [0.05, 0.1) is 40.3 Å². The van der Waals surface area contributed by atoms with Crippen molar-refractivity contribution >= 4 is 17.9 Å². The zero-order chi connectivity index (χ0) is 43.5. The summed E-state index contributed by atoms with van der Waals surface area (Å²) >= 11 is 0. The molecule has 2 atom stereocenters. The lowest BCUT2D eigenvalue weighted by Crippen LogP contribution is -2.55. The minimum Gasteiger partial charge on any atom is -0.544 e. The van der Waals surface area contributed by atoms with Crippen LogP contribution in [-0.2, 0) is 28.6 Å². The first kappa shape index (κ1) is 56.8. The summed E-state index contributed by atoms with van der Waals surface area (Å²) in [5, 5.41) is 11.6. The second-order valence-electron chi connectivity index (χ2n) is 18.1. The van der Waals surface area contributed by atoms with Crippen molar-refractivity contribution in [3.05, 3.63) is 24.3 Å². The summed E-state index contributed by atoms with van der Waals surface area (Å²) in [4.78, 5) is 37.0. The first-order valence-electron chi connectivity index (χ1n) is 24.9. The van der Waals surface area contributed by atoms with Crippen LogP contribution in [0.2, 0.25) is 0 Å². The SMILES string of the molecule is CCCCCC/C=C\C/C=C\CCCCCCCC(=O)OC(COCCC(C(=O)[O-])[N+](C)(C)C)COC(=O)CCCCCCCCCCCCCCCCCCCCC. The van der Waals surface area contributed by atoms with Crippen LogP contribution < -0.4 is 5.11 Å². The number of hydrogen-bond donors (Lipinski definition) is 0. The highest BCUT2D eigenvalue weighted by molar-refractivity contribution is 5.70. The Hall–Kier alpha value is -2.19. The molecule has 8 nitrogen and oxygen atoms in total. The summed E-state index contributed by atoms with van der Waals surface area (Å²) in [5.74, 6) is -1.74. The summed E-state index contributed by atoms with van der Waals surface area (Å²) in [6.45, 7) is 4.66. The Bertz CT molecular complexity index is 1020. The molecule has 0 rings (SSSR count). The van der Waals surface area contributed by atoms with Crippen LogP contribution in [-0.4, -0.2) is 75.5 Å². The van der Waals surface area contributed by atoms with Crippen molar-refractivity contribution in [1.82, 2.24) is 0 Å². The van der Waals surface area contributed by atoms with Crippen LogP contribution in [0, 0.1) is 0 Å². The van der Waals surface area contributed by atoms with Gasteiger partial charge in [-0.2, -0.15) is 0 Å². The van der Waals surface area contributed by atoms with Crippen molar-refractivity contribution in [2.45, 2.75) is 244 Å². The van der Waals surface area contributed by atoms with E-state index in [1.54, 1.807) is 21.1 Å². The number of quaternary nitrogens is 1. The van der Waals surface area contributed by atoms with E-state index >= 15 is 0 Å². The lowest BCUT2D eigenvalue weighted by atomic mass is 10.0. The second kappa shape index (κ2) is 42.5. The highest BCUT2D eigenvalue weighted by Crippen LogP contribution is 2.16. The molecule has 0 radical (unpaired) electrons. The first-order valence-corrected chi connectivity index (χ1v) is 24.9. The van der Waals surface area contributed by atoms with E-state index in [-0.39, 0.29) is 42.7 Å². The molecule has 346 valence electrons. The number of rotatable bonds is 45. The quantitative estimate of drug-likeness (QED) is 0.0260. The van der Waals surface area contributed by atoms with Crippen molar-refractivity contribution in [1.29, 1.82) is 0 Å². The lowest BCUT2D eigenvalue weighted by molar-refractivity contribution is -0.889. The van der Waals surface area contributed by atoms with Crippen LogP contribution in [0.25, 0.3) is 0 Å². The van der Waals surface area contributed by atoms with Gasteiger partial charge >= 0.3 is 11.9 Å². The van der Waals surface area contributed by atoms with E-state index in [1.807, 2.05) is 0 Å². The maximum atomic E-state index is 12.7. The molecule has 0 aliphatic rings. The Morgan fingerprint density at radius 3 is 1.32 bits per heavy atom. The van der Waals surface area contributed by atoms with Crippen molar-refractivity contribution in [2.24, 2.45) is 0 Å². The molecule has 2 unspecified atom stereocenters. The van der Waals surface area contributed by atoms with Crippen LogP contribution in [0.4, 0.5) is 0 Å². The Morgan fingerprint density at radius 2 is 0.898 bits per heavy atom. The van der Waals surface area contributed by atoms with E-state index in [2.05, 4.69) is 38.2 Å². The summed E-state index contributed by atoms with van der Waals surface area (Å²) in [7, 11) is 5.41. The van der Waals surface area contributed by atoms with Crippen molar-refractivity contribution in [3.63, 3.8) is 0 Å². The summed E-state index contributed by atoms with van der Waals surface area (Å²) in [5.41, 5.74) is 0. The van der Waals surface area contributed by atoms with Gasteiger partial charge < -0.3 is 28.6 Å². The molecule has 0 saturated carbocycles. The predicted octanol–water partition coefficient (Wildman–Crippen LogP) is 12.7. The lowest BCUT2D eigenvalue weighted by Gasteiger charge is -2.34. The van der Waals surface area contributed by atoms with Crippen LogP contribution >= 0.6 is 0 Å². The Kier molecular flexibility index (Phi) is 40.9. The molecule has 0 aromatic heterocycles. The molecule has 59 heavy (non-hydrogen) atoms. The van der Waals surface area contributed by atoms with Gasteiger partial charge in [0.1, 0.15) is 12.6 Å². The maximum Gasteiger partial charge on any atom is 0.306 e. The Labute approximate surface area is 364 Å². The molecule has 8 heteroatoms. The van der Waals surface area contributed by atoms with Gasteiger partial charge in [-0.25, -0.2) is 0 Å². The number of hydrogen-bond acceptors (Lipinski definition) is 7. The highest BCUT2D eigenvalue weighted by atomic mass is 16.6. The van der Waals surface area contributed by atoms with Gasteiger partial charge in [0, 0.05) is 19.3 Å². The molecular weight excluding hydrogens is 739 g/mol. The summed E-state index contributed by atoms with van der Waals surface area (Å²) < 4.78 is 17.2. The van der Waals surface area contributed by atoms with Gasteiger partial charge in [0.25, 0.3) is 0 Å². The number of ether oxygens (including phenoxy) is 3. The number of nitrogens with zero attached hydrogens (tertiary/aromatic N) is 1. The number of allylic oxidation sites excluding steroid dienone is 4. The molecule has 0 fully saturated rings. The van der Waals surface area contributed by atoms with Crippen molar-refractivity contribution in [2.75, 3.05) is 41.0 Å². The minimum atomic E-state index is -1.12. The number of carbonyl (C=O) groups excluding carboxylic acids is 3. The minimum absolute atomic E-state index is 0.0391. The second-order valence-corrected chi connectivity index (χ2v) is 18.1. The number of esters is 2. The third kappa shape index (κ3) is 41.0. The zero-order valence-electron chi connectivity index (χ0n) is 39.4. The predicted molar refractivity (Wildman–Crippen MR) is 245 cm³/mol. The Balaban J connectivity index is 4.25. The molecule has 0 aromatic rings. The largest absolute Gasteiger partial charge is 0.544 e. The molecule has 0 spiro atoms. The fraction of sp³-hybridized carbons (Fsp3) is 0.863. The van der Waals surface area contributed by atoms with Crippen molar-refractivity contribution < 1.29 is 38.2 Å². The fourth-order valence-electron chi connectivity index (χ4n) is 7.46. The van der Waals surface area contributed by atoms with Gasteiger partial charge in [0.2, 0.25) is 0 Å². The van der Waals surface area contributed by atoms with Gasteiger partial charge in [-0.1, -0.05) is 192 Å². The smallest absolute Gasteiger partial charge is 0.306 e. The molecule has 0 saturated heterocycles. The van der Waals surface area contributed by atoms with E-state index in [4.69, 9.17) is 14.2 Å². The normalized spacial score (nSPS) is 13.0. The van der Waals surface area contributed by atoms with Crippen LogP contribution in [0.3, 0.4) is 0 Å². The van der Waals surface area contributed by atoms with Crippen molar-refractivity contribution in [3.8, 4) is 0 Å². The first-order chi connectivity index (χ1) is 28.6. The average molecular weight is 834 g/mol. The molecule has 0 amide bonds. The molecule has 0 aromatic carbocycles. The summed E-state index contributed by atoms with van der Waals surface area (Å²) in [6, 6.07) is -0.726. The Morgan fingerprint density at radius 1 is 0.508 bits per heavy atom. The van der Waals surface area contributed by atoms with Crippen LogP contribution in [0.15, 0.2) is 24.3 Å². The third-order valence-electron chi connectivity index (χ3n) is 11.3. The molecular formula is C51H95NO7. The zero-order valence-corrected chi connectivity index (χ0v) is 39.4. The highest BCUT2D eigenvalue weighted by Gasteiger charge is 2.25. The number of aliphatic carboxylic acids is 1. The van der Waals surface area contributed by atoms with E-state index in [0.29, 0.717) is 12.8 Å². The van der Waals surface area contributed by atoms with Gasteiger partial charge in [-0.3, -0.25) is 9.59 Å². The number of carboxylic acids is 1.